The van der Waals surface area contributed by atoms with Crippen LogP contribution in [0.3, 0.4) is 0 Å². The van der Waals surface area contributed by atoms with Gasteiger partial charge in [0.2, 0.25) is 0 Å². The van der Waals surface area contributed by atoms with Crippen LogP contribution < -0.4 is 0 Å². The number of thiazole rings is 1. The minimum absolute atomic E-state index is 0.190. The molecule has 0 aromatic carbocycles. The summed E-state index contributed by atoms with van der Waals surface area (Å²) in [4.78, 5) is 9.77. The third-order valence-corrected chi connectivity index (χ3v) is 3.57. The number of nitrogens with zero attached hydrogens (tertiary/aromatic N) is 2. The van der Waals surface area contributed by atoms with Crippen molar-refractivity contribution in [3.05, 3.63) is 45.7 Å². The molecule has 2 rings (SSSR count). The Balaban J connectivity index is 2.13. The van der Waals surface area contributed by atoms with Gasteiger partial charge in [0.1, 0.15) is 0 Å². The van der Waals surface area contributed by atoms with Gasteiger partial charge in [-0.2, -0.15) is 0 Å². The summed E-state index contributed by atoms with van der Waals surface area (Å²) in [7, 11) is 0. The first-order valence-corrected chi connectivity index (χ1v) is 6.06. The summed E-state index contributed by atoms with van der Waals surface area (Å²) in [6.45, 7) is 2.18. The Kier molecular flexibility index (Phi) is 3.64. The monoisotopic (exact) mass is 234 g/mol. The highest BCUT2D eigenvalue weighted by Crippen LogP contribution is 2.20. The molecule has 3 nitrogen and oxygen atoms in total. The van der Waals surface area contributed by atoms with E-state index in [1.165, 1.54) is 10.4 Å². The van der Waals surface area contributed by atoms with Crippen molar-refractivity contribution < 1.29 is 5.11 Å². The van der Waals surface area contributed by atoms with Gasteiger partial charge in [-0.25, -0.2) is 4.98 Å². The number of aromatic nitrogens is 2. The molecule has 0 aliphatic heterocycles. The number of hydrogen-bond donors (Lipinski definition) is 1. The molecule has 0 saturated carbocycles. The second-order valence-corrected chi connectivity index (χ2v) is 4.80. The highest BCUT2D eigenvalue weighted by molar-refractivity contribution is 7.11. The Labute approximate surface area is 98.8 Å². The van der Waals surface area contributed by atoms with E-state index in [2.05, 4.69) is 16.0 Å². The lowest BCUT2D eigenvalue weighted by Crippen LogP contribution is -1.89. The largest absolute Gasteiger partial charge is 0.396 e. The third kappa shape index (κ3) is 2.65. The first kappa shape index (κ1) is 11.2. The molecule has 0 aliphatic rings. The van der Waals surface area contributed by atoms with E-state index in [9.17, 15) is 0 Å². The quantitative estimate of drug-likeness (QED) is 0.879. The molecule has 0 unspecified atom stereocenters. The predicted octanol–water partition coefficient (Wildman–Crippen LogP) is 1.97. The topological polar surface area (TPSA) is 46.0 Å². The maximum absolute atomic E-state index is 8.91. The van der Waals surface area contributed by atoms with E-state index in [0.29, 0.717) is 6.42 Å². The van der Waals surface area contributed by atoms with Crippen LogP contribution in [0.25, 0.3) is 0 Å². The molecule has 0 radical (unpaired) electrons. The first-order chi connectivity index (χ1) is 7.79. The Bertz CT molecular complexity index is 453. The van der Waals surface area contributed by atoms with E-state index in [1.54, 1.807) is 17.5 Å². The van der Waals surface area contributed by atoms with Crippen molar-refractivity contribution in [3.63, 3.8) is 0 Å². The van der Waals surface area contributed by atoms with Crippen molar-refractivity contribution in [2.24, 2.45) is 0 Å². The van der Waals surface area contributed by atoms with Crippen LogP contribution in [-0.4, -0.2) is 21.7 Å². The molecule has 2 aromatic heterocycles. The minimum atomic E-state index is 0.190. The molecule has 0 bridgehead atoms. The number of hydrogen-bond acceptors (Lipinski definition) is 4. The average molecular weight is 234 g/mol. The van der Waals surface area contributed by atoms with Crippen LogP contribution in [0.4, 0.5) is 0 Å². The zero-order valence-electron chi connectivity index (χ0n) is 9.18. The first-order valence-electron chi connectivity index (χ1n) is 5.24. The normalized spacial score (nSPS) is 10.6. The van der Waals surface area contributed by atoms with Gasteiger partial charge in [-0.3, -0.25) is 4.98 Å². The van der Waals surface area contributed by atoms with Crippen molar-refractivity contribution in [2.45, 2.75) is 19.8 Å². The number of aliphatic hydroxyl groups is 1. The minimum Gasteiger partial charge on any atom is -0.396 e. The average Bonchev–Trinajstić information content (AvgIpc) is 2.61. The summed E-state index contributed by atoms with van der Waals surface area (Å²) in [6.07, 6.45) is 5.16. The molecule has 0 saturated heterocycles. The van der Waals surface area contributed by atoms with E-state index in [0.717, 1.165) is 17.1 Å². The number of aryl methyl sites for hydroxylation is 1. The van der Waals surface area contributed by atoms with Crippen LogP contribution in [0.2, 0.25) is 0 Å². The molecule has 4 heteroatoms. The maximum Gasteiger partial charge on any atom is 0.0975 e. The van der Waals surface area contributed by atoms with Gasteiger partial charge in [0.05, 0.1) is 10.7 Å². The summed E-state index contributed by atoms with van der Waals surface area (Å²) in [5, 5.41) is 10.0. The molecular formula is C12H14N2OS. The lowest BCUT2D eigenvalue weighted by molar-refractivity contribution is 0.300. The number of pyridine rings is 1. The van der Waals surface area contributed by atoms with Gasteiger partial charge in [0.15, 0.2) is 0 Å². The van der Waals surface area contributed by atoms with Gasteiger partial charge >= 0.3 is 0 Å². The van der Waals surface area contributed by atoms with Crippen LogP contribution in [-0.2, 0) is 12.8 Å². The molecule has 0 atom stereocenters. The number of aliphatic hydroxyl groups excluding tert-OH is 1. The Morgan fingerprint density at radius 3 is 3.00 bits per heavy atom. The Morgan fingerprint density at radius 1 is 1.44 bits per heavy atom. The zero-order chi connectivity index (χ0) is 11.4. The smallest absolute Gasteiger partial charge is 0.0975 e. The Hall–Kier alpha value is -1.26. The fourth-order valence-electron chi connectivity index (χ4n) is 1.57. The van der Waals surface area contributed by atoms with Crippen LogP contribution in [0, 0.1) is 6.92 Å². The molecule has 84 valence electrons. The van der Waals surface area contributed by atoms with Crippen molar-refractivity contribution in [2.75, 3.05) is 6.61 Å². The molecule has 1 N–H and O–H groups in total. The fourth-order valence-corrected chi connectivity index (χ4v) is 2.67. The molecule has 0 aliphatic carbocycles. The summed E-state index contributed by atoms with van der Waals surface area (Å²) in [6, 6.07) is 3.99. The third-order valence-electron chi connectivity index (χ3n) is 2.35. The molecule has 16 heavy (non-hydrogen) atoms. The summed E-state index contributed by atoms with van der Waals surface area (Å²) < 4.78 is 0. The fraction of sp³-hybridized carbons (Fsp3) is 0.333. The van der Waals surface area contributed by atoms with Crippen LogP contribution in [0.1, 0.15) is 21.1 Å². The van der Waals surface area contributed by atoms with Crippen LogP contribution in [0.15, 0.2) is 24.5 Å². The summed E-state index contributed by atoms with van der Waals surface area (Å²) in [5.41, 5.74) is 2.21. The van der Waals surface area contributed by atoms with E-state index in [4.69, 9.17) is 5.11 Å². The molecule has 2 aromatic rings. The lowest BCUT2D eigenvalue weighted by Gasteiger charge is -1.95. The second-order valence-electron chi connectivity index (χ2n) is 3.63. The highest BCUT2D eigenvalue weighted by atomic mass is 32.1. The van der Waals surface area contributed by atoms with Gasteiger partial charge < -0.3 is 5.11 Å². The van der Waals surface area contributed by atoms with Crippen molar-refractivity contribution in [3.8, 4) is 0 Å². The molecule has 0 fully saturated rings. The van der Waals surface area contributed by atoms with Gasteiger partial charge in [-0.1, -0.05) is 6.07 Å². The summed E-state index contributed by atoms with van der Waals surface area (Å²) >= 11 is 1.68. The van der Waals surface area contributed by atoms with Gasteiger partial charge in [-0.05, 0) is 18.6 Å². The highest BCUT2D eigenvalue weighted by Gasteiger charge is 2.07. The van der Waals surface area contributed by atoms with E-state index < -0.39 is 0 Å². The van der Waals surface area contributed by atoms with Gasteiger partial charge in [-0.15, -0.1) is 11.3 Å². The van der Waals surface area contributed by atoms with Gasteiger partial charge in [0, 0.05) is 36.7 Å². The maximum atomic E-state index is 8.91. The Morgan fingerprint density at radius 2 is 2.31 bits per heavy atom. The van der Waals surface area contributed by atoms with E-state index in [-0.39, 0.29) is 6.61 Å². The van der Waals surface area contributed by atoms with Gasteiger partial charge in [0.25, 0.3) is 0 Å². The lowest BCUT2D eigenvalue weighted by atomic mass is 10.2. The van der Waals surface area contributed by atoms with Crippen molar-refractivity contribution >= 4 is 11.3 Å². The van der Waals surface area contributed by atoms with E-state index in [1.807, 2.05) is 19.2 Å². The van der Waals surface area contributed by atoms with E-state index >= 15 is 0 Å². The van der Waals surface area contributed by atoms with Crippen LogP contribution >= 0.6 is 11.3 Å². The molecule has 0 amide bonds. The zero-order valence-corrected chi connectivity index (χ0v) is 10.00. The SMILES string of the molecule is Cc1nc(Cc2cccnc2)sc1CCO. The number of rotatable bonds is 4. The van der Waals surface area contributed by atoms with Crippen molar-refractivity contribution in [1.29, 1.82) is 0 Å². The standard InChI is InChI=1S/C12H14N2OS/c1-9-11(4-6-15)16-12(14-9)7-10-3-2-5-13-8-10/h2-3,5,8,15H,4,6-7H2,1H3. The molecule has 0 spiro atoms. The second kappa shape index (κ2) is 5.18. The molecular weight excluding hydrogens is 220 g/mol. The van der Waals surface area contributed by atoms with Crippen molar-refractivity contribution in [1.82, 2.24) is 9.97 Å². The molecule has 2 heterocycles. The van der Waals surface area contributed by atoms with Crippen LogP contribution in [0.5, 0.6) is 0 Å². The summed E-state index contributed by atoms with van der Waals surface area (Å²) in [5.74, 6) is 0. The predicted molar refractivity (Wildman–Crippen MR) is 64.7 cm³/mol.